The van der Waals surface area contributed by atoms with E-state index in [0.717, 1.165) is 0 Å². The third-order valence-corrected chi connectivity index (χ3v) is 4.08. The molecule has 1 aliphatic heterocycles. The number of hydrogen-bond acceptors (Lipinski definition) is 4. The number of hydrogen-bond donors (Lipinski definition) is 1. The summed E-state index contributed by atoms with van der Waals surface area (Å²) in [6.45, 7) is 7.39. The van der Waals surface area contributed by atoms with E-state index in [4.69, 9.17) is 5.21 Å². The van der Waals surface area contributed by atoms with Crippen molar-refractivity contribution < 1.29 is 10.0 Å². The van der Waals surface area contributed by atoms with Crippen LogP contribution in [0.25, 0.3) is 0 Å². The Morgan fingerprint density at radius 2 is 1.86 bits per heavy atom. The Hall–Kier alpha value is -0.710. The van der Waals surface area contributed by atoms with Crippen LogP contribution in [0.2, 0.25) is 0 Å². The first-order chi connectivity index (χ1) is 6.23. The van der Waals surface area contributed by atoms with E-state index in [-0.39, 0.29) is 5.91 Å². The lowest BCUT2D eigenvalue weighted by atomic mass is 10.0. The molecule has 0 spiro atoms. The Morgan fingerprint density at radius 1 is 1.36 bits per heavy atom. The predicted octanol–water partition coefficient (Wildman–Crippen LogP) is 1.54. The van der Waals surface area contributed by atoms with Crippen LogP contribution >= 0.6 is 11.8 Å². The molecule has 5 heteroatoms. The van der Waals surface area contributed by atoms with Crippen LogP contribution in [0, 0.1) is 0 Å². The molecule has 0 aromatic rings. The fourth-order valence-electron chi connectivity index (χ4n) is 1.35. The molecule has 1 saturated heterocycles. The topological polar surface area (TPSA) is 52.9 Å². The third-order valence-electron chi connectivity index (χ3n) is 2.62. The first-order valence-electron chi connectivity index (χ1n) is 4.43. The van der Waals surface area contributed by atoms with E-state index in [2.05, 4.69) is 5.16 Å². The quantitative estimate of drug-likeness (QED) is 0.493. The largest absolute Gasteiger partial charge is 0.410 e. The van der Waals surface area contributed by atoms with Crippen LogP contribution < -0.4 is 0 Å². The van der Waals surface area contributed by atoms with Crippen LogP contribution in [0.4, 0.5) is 0 Å². The minimum Gasteiger partial charge on any atom is -0.410 e. The van der Waals surface area contributed by atoms with Crippen molar-refractivity contribution in [1.82, 2.24) is 4.90 Å². The number of nitrogens with zero attached hydrogens (tertiary/aromatic N) is 2. The summed E-state index contributed by atoms with van der Waals surface area (Å²) < 4.78 is -0.550. The van der Waals surface area contributed by atoms with Gasteiger partial charge in [-0.3, -0.25) is 4.79 Å². The Morgan fingerprint density at radius 3 is 2.29 bits per heavy atom. The Kier molecular flexibility index (Phi) is 2.56. The smallest absolute Gasteiger partial charge is 0.239 e. The van der Waals surface area contributed by atoms with Gasteiger partial charge in [-0.1, -0.05) is 16.9 Å². The number of rotatable bonds is 0. The number of amides is 1. The average Bonchev–Trinajstić information content (AvgIpc) is 2.09. The van der Waals surface area contributed by atoms with Gasteiger partial charge in [-0.15, -0.1) is 0 Å². The van der Waals surface area contributed by atoms with Gasteiger partial charge in [0, 0.05) is 7.05 Å². The van der Waals surface area contributed by atoms with Crippen molar-refractivity contribution in [3.05, 3.63) is 0 Å². The van der Waals surface area contributed by atoms with Gasteiger partial charge in [0.25, 0.3) is 0 Å². The molecule has 1 fully saturated rings. The molecule has 0 atom stereocenters. The second-order valence-corrected chi connectivity index (χ2v) is 6.05. The van der Waals surface area contributed by atoms with Crippen molar-refractivity contribution in [2.75, 3.05) is 7.05 Å². The minimum atomic E-state index is -0.550. The predicted molar refractivity (Wildman–Crippen MR) is 57.7 cm³/mol. The Labute approximate surface area is 88.3 Å². The van der Waals surface area contributed by atoms with E-state index < -0.39 is 10.3 Å². The summed E-state index contributed by atoms with van der Waals surface area (Å²) in [5.41, 5.74) is -0.522. The van der Waals surface area contributed by atoms with E-state index >= 15 is 0 Å². The first-order valence-corrected chi connectivity index (χ1v) is 5.25. The highest BCUT2D eigenvalue weighted by Crippen LogP contribution is 2.39. The molecule has 1 rings (SSSR count). The van der Waals surface area contributed by atoms with Gasteiger partial charge in [0.2, 0.25) is 5.91 Å². The molecule has 80 valence electrons. The average molecular weight is 216 g/mol. The molecule has 1 aliphatic rings. The molecule has 0 unspecified atom stereocenters. The molecule has 0 aromatic carbocycles. The molecule has 0 aliphatic carbocycles. The molecule has 0 saturated carbocycles. The second-order valence-electron chi connectivity index (χ2n) is 4.44. The molecule has 4 nitrogen and oxygen atoms in total. The van der Waals surface area contributed by atoms with Crippen molar-refractivity contribution in [3.8, 4) is 0 Å². The maximum atomic E-state index is 11.9. The van der Waals surface area contributed by atoms with Gasteiger partial charge >= 0.3 is 0 Å². The lowest BCUT2D eigenvalue weighted by Crippen LogP contribution is -2.60. The highest BCUT2D eigenvalue weighted by Gasteiger charge is 2.48. The zero-order chi connectivity index (χ0) is 11.1. The zero-order valence-corrected chi connectivity index (χ0v) is 9.97. The summed E-state index contributed by atoms with van der Waals surface area (Å²) in [4.78, 5) is 13.5. The Bertz CT molecular complexity index is 297. The van der Waals surface area contributed by atoms with Crippen molar-refractivity contribution in [3.63, 3.8) is 0 Å². The fourth-order valence-corrected chi connectivity index (χ4v) is 2.49. The summed E-state index contributed by atoms with van der Waals surface area (Å²) >= 11 is 1.32. The van der Waals surface area contributed by atoms with Gasteiger partial charge in [-0.25, -0.2) is 0 Å². The van der Waals surface area contributed by atoms with Crippen molar-refractivity contribution in [2.24, 2.45) is 5.16 Å². The van der Waals surface area contributed by atoms with E-state index in [9.17, 15) is 4.79 Å². The molecule has 1 amide bonds. The SMILES string of the molecule is CN1C(=O)C(C)(C)SC(=NO)C1(C)C. The zero-order valence-electron chi connectivity index (χ0n) is 9.16. The van der Waals surface area contributed by atoms with Crippen molar-refractivity contribution in [2.45, 2.75) is 38.0 Å². The molecule has 14 heavy (non-hydrogen) atoms. The second kappa shape index (κ2) is 3.15. The lowest BCUT2D eigenvalue weighted by molar-refractivity contribution is -0.134. The van der Waals surface area contributed by atoms with Crippen molar-refractivity contribution >= 4 is 22.7 Å². The molecule has 0 radical (unpaired) electrons. The Balaban J connectivity index is 3.15. The maximum Gasteiger partial charge on any atom is 0.239 e. The molecular weight excluding hydrogens is 200 g/mol. The van der Waals surface area contributed by atoms with Crippen LogP contribution in [0.1, 0.15) is 27.7 Å². The third kappa shape index (κ3) is 1.49. The number of oxime groups is 1. The monoisotopic (exact) mass is 216 g/mol. The summed E-state index contributed by atoms with van der Waals surface area (Å²) in [7, 11) is 1.73. The van der Waals surface area contributed by atoms with Gasteiger partial charge in [-0.05, 0) is 27.7 Å². The van der Waals surface area contributed by atoms with Crippen LogP contribution in [0.15, 0.2) is 5.16 Å². The summed E-state index contributed by atoms with van der Waals surface area (Å²) in [5, 5.41) is 12.7. The number of thioether (sulfide) groups is 1. The van der Waals surface area contributed by atoms with E-state index in [0.29, 0.717) is 5.04 Å². The minimum absolute atomic E-state index is 0.0555. The molecule has 0 bridgehead atoms. The normalized spacial score (nSPS) is 28.2. The summed E-state index contributed by atoms with van der Waals surface area (Å²) in [6, 6.07) is 0. The van der Waals surface area contributed by atoms with Gasteiger partial charge in [0.1, 0.15) is 5.04 Å². The molecule has 0 aromatic heterocycles. The number of carbonyl (C=O) groups excluding carboxylic acids is 1. The highest BCUT2D eigenvalue weighted by atomic mass is 32.2. The summed E-state index contributed by atoms with van der Waals surface area (Å²) in [5.74, 6) is 0.0555. The number of carbonyl (C=O) groups is 1. The van der Waals surface area contributed by atoms with Gasteiger partial charge in [0.15, 0.2) is 0 Å². The van der Waals surface area contributed by atoms with Crippen LogP contribution in [0.5, 0.6) is 0 Å². The maximum absolute atomic E-state index is 11.9. The first kappa shape index (κ1) is 11.4. The summed E-state index contributed by atoms with van der Waals surface area (Å²) in [6.07, 6.45) is 0. The van der Waals surface area contributed by atoms with Crippen LogP contribution in [0.3, 0.4) is 0 Å². The molecule has 1 heterocycles. The fraction of sp³-hybridized carbons (Fsp3) is 0.778. The molecule has 1 N–H and O–H groups in total. The highest BCUT2D eigenvalue weighted by molar-refractivity contribution is 8.16. The van der Waals surface area contributed by atoms with E-state index in [1.54, 1.807) is 11.9 Å². The molecular formula is C9H16N2O2S. The van der Waals surface area contributed by atoms with Gasteiger partial charge in [-0.2, -0.15) is 0 Å². The standard InChI is InChI=1S/C9H16N2O2S/c1-8(2)6(10-13)14-9(3,4)7(12)11(8)5/h13H,1-5H3. The van der Waals surface area contributed by atoms with Gasteiger partial charge < -0.3 is 10.1 Å². The van der Waals surface area contributed by atoms with Crippen molar-refractivity contribution in [1.29, 1.82) is 0 Å². The van der Waals surface area contributed by atoms with E-state index in [1.165, 1.54) is 11.8 Å². The van der Waals surface area contributed by atoms with Crippen LogP contribution in [-0.4, -0.2) is 38.4 Å². The van der Waals surface area contributed by atoms with Crippen LogP contribution in [-0.2, 0) is 4.79 Å². The lowest BCUT2D eigenvalue weighted by Gasteiger charge is -2.45. The van der Waals surface area contributed by atoms with E-state index in [1.807, 2.05) is 27.7 Å². The van der Waals surface area contributed by atoms with Gasteiger partial charge in [0.05, 0.1) is 10.3 Å².